The number of ketones is 1. The van der Waals surface area contributed by atoms with Gasteiger partial charge in [0.25, 0.3) is 0 Å². The molecule has 0 spiro atoms. The Morgan fingerprint density at radius 1 is 1.11 bits per heavy atom. The first-order chi connectivity index (χ1) is 8.67. The van der Waals surface area contributed by atoms with Gasteiger partial charge >= 0.3 is 0 Å². The molecule has 1 aromatic carbocycles. The van der Waals surface area contributed by atoms with Gasteiger partial charge in [0.1, 0.15) is 0 Å². The summed E-state index contributed by atoms with van der Waals surface area (Å²) in [5, 5.41) is 0. The van der Waals surface area contributed by atoms with E-state index in [1.807, 2.05) is 0 Å². The SMILES string of the molecule is Cc1ccc(C23CN4CC(CN(C4)C2)C3=O)cc1. The zero-order valence-corrected chi connectivity index (χ0v) is 10.7. The number of benzene rings is 1. The second-order valence-corrected chi connectivity index (χ2v) is 6.17. The number of piperidine rings is 2. The van der Waals surface area contributed by atoms with Crippen LogP contribution in [-0.2, 0) is 10.2 Å². The fourth-order valence-corrected chi connectivity index (χ4v) is 4.03. The Kier molecular flexibility index (Phi) is 2.04. The highest BCUT2D eigenvalue weighted by atomic mass is 16.1. The van der Waals surface area contributed by atoms with Gasteiger partial charge in [-0.2, -0.15) is 0 Å². The van der Waals surface area contributed by atoms with E-state index in [1.54, 1.807) is 0 Å². The quantitative estimate of drug-likeness (QED) is 0.734. The van der Waals surface area contributed by atoms with E-state index in [2.05, 4.69) is 41.0 Å². The fraction of sp³-hybridized carbons (Fsp3) is 0.533. The highest BCUT2D eigenvalue weighted by Gasteiger charge is 2.56. The van der Waals surface area contributed by atoms with Crippen molar-refractivity contribution in [3.63, 3.8) is 0 Å². The van der Waals surface area contributed by atoms with Gasteiger partial charge in [-0.15, -0.1) is 0 Å². The molecule has 3 nitrogen and oxygen atoms in total. The van der Waals surface area contributed by atoms with Crippen LogP contribution in [0.25, 0.3) is 0 Å². The second-order valence-electron chi connectivity index (χ2n) is 6.17. The molecule has 4 heterocycles. The summed E-state index contributed by atoms with van der Waals surface area (Å²) in [6.07, 6.45) is 0. The Labute approximate surface area is 107 Å². The Morgan fingerprint density at radius 2 is 1.72 bits per heavy atom. The van der Waals surface area contributed by atoms with Crippen LogP contribution in [0.5, 0.6) is 0 Å². The van der Waals surface area contributed by atoms with Crippen LogP contribution >= 0.6 is 0 Å². The van der Waals surface area contributed by atoms with E-state index >= 15 is 0 Å². The number of hydrogen-bond donors (Lipinski definition) is 0. The summed E-state index contributed by atoms with van der Waals surface area (Å²) < 4.78 is 0. The molecule has 0 radical (unpaired) electrons. The Bertz CT molecular complexity index is 494. The fourth-order valence-electron chi connectivity index (χ4n) is 4.03. The van der Waals surface area contributed by atoms with E-state index < -0.39 is 0 Å². The first-order valence-electron chi connectivity index (χ1n) is 6.74. The molecule has 18 heavy (non-hydrogen) atoms. The largest absolute Gasteiger partial charge is 0.298 e. The van der Waals surface area contributed by atoms with Crippen molar-refractivity contribution in [3.8, 4) is 0 Å². The lowest BCUT2D eigenvalue weighted by Gasteiger charge is -2.58. The molecule has 4 aliphatic heterocycles. The number of nitrogens with zero attached hydrogens (tertiary/aromatic N) is 2. The van der Waals surface area contributed by atoms with E-state index in [9.17, 15) is 4.79 Å². The van der Waals surface area contributed by atoms with Crippen molar-refractivity contribution in [2.75, 3.05) is 32.8 Å². The third-order valence-corrected chi connectivity index (χ3v) is 4.79. The lowest BCUT2D eigenvalue weighted by molar-refractivity contribution is -0.153. The standard InChI is InChI=1S/C15H18N2O/c1-11-2-4-13(5-3-11)15-8-16-6-12(14(15)18)7-17(9-15)10-16/h2-5,12H,6-10H2,1H3. The molecule has 94 valence electrons. The predicted octanol–water partition coefficient (Wildman–Crippen LogP) is 1.02. The predicted molar refractivity (Wildman–Crippen MR) is 69.4 cm³/mol. The highest BCUT2D eigenvalue weighted by Crippen LogP contribution is 2.41. The van der Waals surface area contributed by atoms with Gasteiger partial charge in [-0.05, 0) is 12.5 Å². The Morgan fingerprint density at radius 3 is 2.33 bits per heavy atom. The van der Waals surface area contributed by atoms with Crippen molar-refractivity contribution in [2.45, 2.75) is 12.3 Å². The maximum absolute atomic E-state index is 12.7. The van der Waals surface area contributed by atoms with Crippen molar-refractivity contribution in [1.29, 1.82) is 0 Å². The molecule has 0 amide bonds. The average Bonchev–Trinajstić information content (AvgIpc) is 2.35. The van der Waals surface area contributed by atoms with Gasteiger partial charge in [0.2, 0.25) is 0 Å². The molecular weight excluding hydrogens is 224 g/mol. The molecule has 4 aliphatic rings. The summed E-state index contributed by atoms with van der Waals surface area (Å²) in [6, 6.07) is 8.57. The third-order valence-electron chi connectivity index (χ3n) is 4.79. The molecule has 0 N–H and O–H groups in total. The minimum absolute atomic E-state index is 0.238. The van der Waals surface area contributed by atoms with Crippen LogP contribution in [0.15, 0.2) is 24.3 Å². The van der Waals surface area contributed by atoms with Crippen molar-refractivity contribution in [3.05, 3.63) is 35.4 Å². The molecule has 2 unspecified atom stereocenters. The molecule has 4 bridgehead atoms. The average molecular weight is 242 g/mol. The van der Waals surface area contributed by atoms with E-state index in [0.29, 0.717) is 5.78 Å². The van der Waals surface area contributed by atoms with Gasteiger partial charge in [-0.25, -0.2) is 0 Å². The summed E-state index contributed by atoms with van der Waals surface area (Å²) in [5.41, 5.74) is 2.24. The van der Waals surface area contributed by atoms with Crippen LogP contribution < -0.4 is 0 Å². The van der Waals surface area contributed by atoms with Crippen LogP contribution in [0.4, 0.5) is 0 Å². The van der Waals surface area contributed by atoms with Crippen molar-refractivity contribution in [1.82, 2.24) is 9.80 Å². The Balaban J connectivity index is 1.82. The highest BCUT2D eigenvalue weighted by molar-refractivity contribution is 5.95. The zero-order chi connectivity index (χ0) is 12.3. The number of rotatable bonds is 1. The van der Waals surface area contributed by atoms with Crippen LogP contribution in [0.2, 0.25) is 0 Å². The number of Topliss-reactive ketones (excluding diaryl/α,β-unsaturated/α-hetero) is 1. The van der Waals surface area contributed by atoms with E-state index in [4.69, 9.17) is 0 Å². The molecule has 4 fully saturated rings. The number of carbonyl (C=O) groups excluding carboxylic acids is 1. The summed E-state index contributed by atoms with van der Waals surface area (Å²) in [6.45, 7) is 6.94. The maximum atomic E-state index is 12.7. The van der Waals surface area contributed by atoms with Crippen LogP contribution in [0.3, 0.4) is 0 Å². The van der Waals surface area contributed by atoms with Crippen molar-refractivity contribution in [2.24, 2.45) is 5.92 Å². The van der Waals surface area contributed by atoms with Gasteiger partial charge in [-0.3, -0.25) is 14.6 Å². The topological polar surface area (TPSA) is 23.6 Å². The van der Waals surface area contributed by atoms with Crippen LogP contribution in [-0.4, -0.2) is 48.4 Å². The van der Waals surface area contributed by atoms with Gasteiger partial charge < -0.3 is 0 Å². The minimum atomic E-state index is -0.243. The number of aryl methyl sites for hydroxylation is 1. The lowest BCUT2D eigenvalue weighted by Crippen LogP contribution is -2.73. The van der Waals surface area contributed by atoms with Crippen LogP contribution in [0, 0.1) is 12.8 Å². The number of hydrogen-bond acceptors (Lipinski definition) is 3. The molecule has 0 saturated carbocycles. The molecular formula is C15H18N2O. The molecule has 0 aliphatic carbocycles. The first kappa shape index (κ1) is 10.7. The molecule has 3 heteroatoms. The van der Waals surface area contributed by atoms with Crippen molar-refractivity contribution >= 4 is 5.78 Å². The molecule has 1 aromatic rings. The van der Waals surface area contributed by atoms with Gasteiger partial charge in [-0.1, -0.05) is 29.8 Å². The molecule has 2 atom stereocenters. The van der Waals surface area contributed by atoms with Gasteiger partial charge in [0.15, 0.2) is 5.78 Å². The Hall–Kier alpha value is -1.19. The molecule has 5 rings (SSSR count). The summed E-state index contributed by atoms with van der Waals surface area (Å²) in [4.78, 5) is 17.6. The van der Waals surface area contributed by atoms with Crippen LogP contribution in [0.1, 0.15) is 11.1 Å². The van der Waals surface area contributed by atoms with E-state index in [0.717, 1.165) is 32.8 Å². The van der Waals surface area contributed by atoms with E-state index in [-0.39, 0.29) is 11.3 Å². The summed E-state index contributed by atoms with van der Waals surface area (Å²) in [7, 11) is 0. The normalized spacial score (nSPS) is 41.4. The minimum Gasteiger partial charge on any atom is -0.298 e. The van der Waals surface area contributed by atoms with Crippen molar-refractivity contribution < 1.29 is 4.79 Å². The number of carbonyl (C=O) groups is 1. The second kappa shape index (κ2) is 3.43. The maximum Gasteiger partial charge on any atom is 0.151 e. The smallest absolute Gasteiger partial charge is 0.151 e. The van der Waals surface area contributed by atoms with Gasteiger partial charge in [0, 0.05) is 32.1 Å². The lowest BCUT2D eigenvalue weighted by atomic mass is 9.65. The third kappa shape index (κ3) is 1.29. The first-order valence-corrected chi connectivity index (χ1v) is 6.74. The molecule has 0 aromatic heterocycles. The molecule has 4 saturated heterocycles. The van der Waals surface area contributed by atoms with Gasteiger partial charge in [0.05, 0.1) is 12.1 Å². The summed E-state index contributed by atoms with van der Waals surface area (Å²) in [5.74, 6) is 0.723. The monoisotopic (exact) mass is 242 g/mol. The van der Waals surface area contributed by atoms with E-state index in [1.165, 1.54) is 11.1 Å². The zero-order valence-electron chi connectivity index (χ0n) is 10.7. The summed E-state index contributed by atoms with van der Waals surface area (Å²) >= 11 is 0.